The highest BCUT2D eigenvalue weighted by molar-refractivity contribution is 6.01. The Labute approximate surface area is 285 Å². The zero-order valence-corrected chi connectivity index (χ0v) is 28.5. The average Bonchev–Trinajstić information content (AvgIpc) is 3.41. The van der Waals surface area contributed by atoms with Crippen LogP contribution in [0.1, 0.15) is 91.1 Å². The molecule has 3 N–H and O–H groups in total. The molecule has 5 rings (SSSR count). The van der Waals surface area contributed by atoms with Crippen molar-refractivity contribution >= 4 is 11.8 Å². The molecule has 4 aromatic rings. The number of carbonyl (C=O) groups is 2. The van der Waals surface area contributed by atoms with Crippen molar-refractivity contribution in [3.63, 3.8) is 0 Å². The van der Waals surface area contributed by atoms with Crippen molar-refractivity contribution in [2.75, 3.05) is 19.6 Å². The van der Waals surface area contributed by atoms with Crippen molar-refractivity contribution in [1.82, 2.24) is 19.9 Å². The molecule has 1 fully saturated rings. The maximum absolute atomic E-state index is 14.7. The molecule has 12 heteroatoms. The van der Waals surface area contributed by atoms with E-state index in [2.05, 4.69) is 24.0 Å². The van der Waals surface area contributed by atoms with E-state index in [1.807, 2.05) is 19.9 Å². The van der Waals surface area contributed by atoms with Gasteiger partial charge in [0.1, 0.15) is 23.4 Å². The average molecular weight is 678 g/mol. The maximum Gasteiger partial charge on any atom is 0.254 e. The Morgan fingerprint density at radius 2 is 1.61 bits per heavy atom. The molecule has 0 aliphatic heterocycles. The summed E-state index contributed by atoms with van der Waals surface area (Å²) < 4.78 is 39.2. The molecule has 0 bridgehead atoms. The van der Waals surface area contributed by atoms with Gasteiger partial charge < -0.3 is 29.6 Å². The first-order valence-corrected chi connectivity index (χ1v) is 16.9. The lowest BCUT2D eigenvalue weighted by molar-refractivity contribution is 0.0362. The Hall–Kier alpha value is -4.42. The number of aromatic nitrogens is 2. The predicted molar refractivity (Wildman–Crippen MR) is 179 cm³/mol. The molecule has 1 aliphatic rings. The van der Waals surface area contributed by atoms with Crippen LogP contribution in [0.4, 0.5) is 8.78 Å². The number of nitrogens with zero attached hydrogens (tertiary/aromatic N) is 4. The van der Waals surface area contributed by atoms with Gasteiger partial charge in [0.05, 0.1) is 18.0 Å². The molecule has 0 unspecified atom stereocenters. The van der Waals surface area contributed by atoms with Gasteiger partial charge in [-0.25, -0.2) is 13.8 Å². The lowest BCUT2D eigenvalue weighted by Crippen LogP contribution is -2.50. The molecule has 0 saturated heterocycles. The summed E-state index contributed by atoms with van der Waals surface area (Å²) in [6, 6.07) is 8.82. The summed E-state index contributed by atoms with van der Waals surface area (Å²) in [5, 5.41) is 15.7. The lowest BCUT2D eigenvalue weighted by atomic mass is 9.98. The van der Waals surface area contributed by atoms with Crippen LogP contribution < -0.4 is 5.73 Å². The molecule has 2 heterocycles. The highest BCUT2D eigenvalue weighted by atomic mass is 19.1. The van der Waals surface area contributed by atoms with Crippen LogP contribution in [-0.4, -0.2) is 68.6 Å². The van der Waals surface area contributed by atoms with Crippen LogP contribution in [0.25, 0.3) is 11.5 Å². The second-order valence-electron chi connectivity index (χ2n) is 13.4. The van der Waals surface area contributed by atoms with E-state index in [4.69, 9.17) is 14.7 Å². The summed E-state index contributed by atoms with van der Waals surface area (Å²) >= 11 is 0. The van der Waals surface area contributed by atoms with Crippen molar-refractivity contribution in [3.05, 3.63) is 94.7 Å². The second kappa shape index (κ2) is 15.4. The van der Waals surface area contributed by atoms with Gasteiger partial charge in [-0.05, 0) is 80.3 Å². The Kier molecular flexibility index (Phi) is 11.3. The van der Waals surface area contributed by atoms with Gasteiger partial charge in [0.2, 0.25) is 5.89 Å². The highest BCUT2D eigenvalue weighted by Gasteiger charge is 2.55. The van der Waals surface area contributed by atoms with Gasteiger partial charge in [-0.1, -0.05) is 32.9 Å². The standard InChI is InChI=1S/C37H45F2N5O5/c1-5-10-43(11-6-2)35(46)26-17-25(34-41-9-12-48-34)18-27(19-26)36(47)44(37(7-8-37)33-21-30(42-49-33)13-23(3)4)22-32(45)31(40)16-24-14-28(38)20-29(39)15-24/h9,12,14-15,17-21,23,31-32,45H,5-8,10-11,13,16,22,40H2,1-4H3/t31-,32+/m0/s1. The van der Waals surface area contributed by atoms with E-state index in [1.165, 1.54) is 29.5 Å². The largest absolute Gasteiger partial charge is 0.445 e. The van der Waals surface area contributed by atoms with Crippen LogP contribution in [0.15, 0.2) is 63.9 Å². The minimum atomic E-state index is -1.29. The first-order valence-electron chi connectivity index (χ1n) is 16.9. The topological polar surface area (TPSA) is 139 Å². The number of hydrogen-bond acceptors (Lipinski definition) is 8. The van der Waals surface area contributed by atoms with E-state index in [-0.39, 0.29) is 35.9 Å². The summed E-state index contributed by atoms with van der Waals surface area (Å²) in [6.07, 6.45) is 4.88. The van der Waals surface area contributed by atoms with Gasteiger partial charge in [0.25, 0.3) is 11.8 Å². The number of nitrogens with two attached hydrogens (primary N) is 1. The molecule has 0 radical (unpaired) electrons. The highest BCUT2D eigenvalue weighted by Crippen LogP contribution is 2.52. The first-order chi connectivity index (χ1) is 23.4. The molecule has 2 aromatic heterocycles. The van der Waals surface area contributed by atoms with Crippen LogP contribution >= 0.6 is 0 Å². The number of aliphatic hydroxyl groups excluding tert-OH is 1. The summed E-state index contributed by atoms with van der Waals surface area (Å²) in [7, 11) is 0. The smallest absolute Gasteiger partial charge is 0.254 e. The second-order valence-corrected chi connectivity index (χ2v) is 13.4. The number of carbonyl (C=O) groups excluding carboxylic acids is 2. The van der Waals surface area contributed by atoms with E-state index in [0.29, 0.717) is 55.2 Å². The van der Waals surface area contributed by atoms with E-state index in [9.17, 15) is 23.5 Å². The quantitative estimate of drug-likeness (QED) is 0.144. The third-order valence-corrected chi connectivity index (χ3v) is 8.76. The molecule has 1 saturated carbocycles. The van der Waals surface area contributed by atoms with E-state index < -0.39 is 35.2 Å². The SMILES string of the molecule is CCCN(CCC)C(=O)c1cc(C(=O)N(C[C@@H](O)[C@@H](N)Cc2cc(F)cc(F)c2)C2(c3cc(CC(C)C)no3)CC2)cc(-c2ncco2)c1. The number of rotatable bonds is 16. The number of halogens is 2. The Bertz CT molecular complexity index is 1710. The van der Waals surface area contributed by atoms with Crippen LogP contribution in [0, 0.1) is 17.6 Å². The normalized spacial score (nSPS) is 14.9. The number of amides is 2. The molecular weight excluding hydrogens is 632 g/mol. The molecule has 1 aliphatic carbocycles. The van der Waals surface area contributed by atoms with Gasteiger partial charge in [-0.2, -0.15) is 0 Å². The van der Waals surface area contributed by atoms with Gasteiger partial charge in [0.15, 0.2) is 5.76 Å². The monoisotopic (exact) mass is 677 g/mol. The van der Waals surface area contributed by atoms with Crippen molar-refractivity contribution in [3.8, 4) is 11.5 Å². The van der Waals surface area contributed by atoms with Crippen LogP contribution in [0.2, 0.25) is 0 Å². The molecule has 0 spiro atoms. The van der Waals surface area contributed by atoms with Crippen LogP contribution in [0.5, 0.6) is 0 Å². The van der Waals surface area contributed by atoms with Crippen molar-refractivity contribution < 1.29 is 32.4 Å². The number of benzene rings is 2. The minimum absolute atomic E-state index is 0.0330. The molecule has 2 atom stereocenters. The molecule has 262 valence electrons. The van der Waals surface area contributed by atoms with Crippen LogP contribution in [0.3, 0.4) is 0 Å². The predicted octanol–water partition coefficient (Wildman–Crippen LogP) is 6.13. The van der Waals surface area contributed by atoms with Crippen molar-refractivity contribution in [1.29, 1.82) is 0 Å². The van der Waals surface area contributed by atoms with Crippen molar-refractivity contribution in [2.45, 2.75) is 83.9 Å². The zero-order chi connectivity index (χ0) is 35.3. The fraction of sp³-hybridized carbons (Fsp3) is 0.459. The van der Waals surface area contributed by atoms with E-state index in [0.717, 1.165) is 24.6 Å². The van der Waals surface area contributed by atoms with Gasteiger partial charge in [-0.15, -0.1) is 0 Å². The summed E-state index contributed by atoms with van der Waals surface area (Å²) in [6.45, 7) is 9.02. The van der Waals surface area contributed by atoms with Crippen LogP contribution in [-0.2, 0) is 18.4 Å². The number of aliphatic hydroxyl groups is 1. The fourth-order valence-electron chi connectivity index (χ4n) is 6.28. The van der Waals surface area contributed by atoms with Crippen molar-refractivity contribution in [2.24, 2.45) is 11.7 Å². The van der Waals surface area contributed by atoms with Gasteiger partial charge >= 0.3 is 0 Å². The third kappa shape index (κ3) is 8.42. The van der Waals surface area contributed by atoms with E-state index in [1.54, 1.807) is 23.1 Å². The zero-order valence-electron chi connectivity index (χ0n) is 28.5. The minimum Gasteiger partial charge on any atom is -0.445 e. The molecule has 2 aromatic carbocycles. The molecular formula is C37H45F2N5O5. The summed E-state index contributed by atoms with van der Waals surface area (Å²) in [5.41, 5.74) is 7.44. The Balaban J connectivity index is 1.54. The lowest BCUT2D eigenvalue weighted by Gasteiger charge is -2.34. The molecule has 10 nitrogen and oxygen atoms in total. The van der Waals surface area contributed by atoms with Gasteiger partial charge in [-0.3, -0.25) is 9.59 Å². The maximum atomic E-state index is 14.7. The number of oxazole rings is 1. The summed E-state index contributed by atoms with van der Waals surface area (Å²) in [4.78, 5) is 36.1. The first kappa shape index (κ1) is 35.9. The summed E-state index contributed by atoms with van der Waals surface area (Å²) in [5.74, 6) is -1.14. The Morgan fingerprint density at radius 1 is 0.959 bits per heavy atom. The van der Waals surface area contributed by atoms with Gasteiger partial charge in [0, 0.05) is 54.5 Å². The number of hydrogen-bond donors (Lipinski definition) is 2. The Morgan fingerprint density at radius 3 is 2.18 bits per heavy atom. The molecule has 2 amide bonds. The third-order valence-electron chi connectivity index (χ3n) is 8.76. The fourth-order valence-corrected chi connectivity index (χ4v) is 6.28. The molecule has 49 heavy (non-hydrogen) atoms. The van der Waals surface area contributed by atoms with E-state index >= 15 is 0 Å².